The number of anilines is 1. The van der Waals surface area contributed by atoms with Crippen LogP contribution in [-0.4, -0.2) is 25.9 Å². The number of halogens is 4. The zero-order valence-electron chi connectivity index (χ0n) is 11.0. The summed E-state index contributed by atoms with van der Waals surface area (Å²) in [5.41, 5.74) is -0.701. The molecule has 10 heteroatoms. The lowest BCUT2D eigenvalue weighted by Gasteiger charge is -2.09. The molecular formula is C11H11BrF3N5O. The fourth-order valence-electron chi connectivity index (χ4n) is 1.69. The molecule has 21 heavy (non-hydrogen) atoms. The molecular weight excluding hydrogens is 355 g/mol. The van der Waals surface area contributed by atoms with Gasteiger partial charge in [-0.1, -0.05) is 0 Å². The second-order valence-electron chi connectivity index (χ2n) is 4.38. The summed E-state index contributed by atoms with van der Waals surface area (Å²) in [7, 11) is 0. The summed E-state index contributed by atoms with van der Waals surface area (Å²) in [6.07, 6.45) is -3.07. The average molecular weight is 366 g/mol. The summed E-state index contributed by atoms with van der Waals surface area (Å²) >= 11 is 3.24. The maximum atomic E-state index is 12.7. The van der Waals surface area contributed by atoms with Gasteiger partial charge in [-0.25, -0.2) is 0 Å². The predicted octanol–water partition coefficient (Wildman–Crippen LogP) is 2.64. The fraction of sp³-hybridized carbons (Fsp3) is 0.364. The molecule has 0 saturated carbocycles. The van der Waals surface area contributed by atoms with Crippen molar-refractivity contribution in [1.82, 2.24) is 20.0 Å². The molecule has 0 saturated heterocycles. The maximum absolute atomic E-state index is 12.7. The van der Waals surface area contributed by atoms with Crippen LogP contribution >= 0.6 is 15.9 Å². The molecule has 0 aliphatic rings. The smallest absolute Gasteiger partial charge is 0.321 e. The van der Waals surface area contributed by atoms with Gasteiger partial charge in [0.1, 0.15) is 6.54 Å². The van der Waals surface area contributed by atoms with Gasteiger partial charge in [-0.15, -0.1) is 0 Å². The number of aromatic nitrogens is 4. The van der Waals surface area contributed by atoms with Crippen LogP contribution in [0.5, 0.6) is 0 Å². The van der Waals surface area contributed by atoms with Crippen LogP contribution in [0.1, 0.15) is 17.1 Å². The highest BCUT2D eigenvalue weighted by Gasteiger charge is 2.38. The standard InChI is InChI=1S/C11H11BrF3N5O/c1-5-7(12)3-20(19-5)4-8(21)16-9-6(2)17-18-10(9)11(13,14)15/h3H,4H2,1-2H3,(H,16,21)(H,17,18). The van der Waals surface area contributed by atoms with Crippen LogP contribution in [0.25, 0.3) is 0 Å². The number of amides is 1. The first-order valence-corrected chi connectivity index (χ1v) is 6.59. The van der Waals surface area contributed by atoms with Crippen molar-refractivity contribution in [3.05, 3.63) is 27.8 Å². The van der Waals surface area contributed by atoms with E-state index in [2.05, 4.69) is 36.5 Å². The molecule has 0 bridgehead atoms. The average Bonchev–Trinajstić information content (AvgIpc) is 2.83. The van der Waals surface area contributed by atoms with Gasteiger partial charge in [-0.2, -0.15) is 23.4 Å². The third kappa shape index (κ3) is 3.43. The lowest BCUT2D eigenvalue weighted by molar-refractivity contribution is -0.140. The van der Waals surface area contributed by atoms with E-state index in [1.54, 1.807) is 13.1 Å². The minimum atomic E-state index is -4.64. The molecule has 6 nitrogen and oxygen atoms in total. The van der Waals surface area contributed by atoms with Crippen LogP contribution in [0.2, 0.25) is 0 Å². The fourth-order valence-corrected chi connectivity index (χ4v) is 2.00. The topological polar surface area (TPSA) is 75.6 Å². The number of hydrogen-bond acceptors (Lipinski definition) is 3. The zero-order valence-corrected chi connectivity index (χ0v) is 12.6. The van der Waals surface area contributed by atoms with Crippen molar-refractivity contribution in [3.63, 3.8) is 0 Å². The van der Waals surface area contributed by atoms with Crippen molar-refractivity contribution in [2.45, 2.75) is 26.6 Å². The molecule has 2 aromatic heterocycles. The Labute approximate surface area is 125 Å². The van der Waals surface area contributed by atoms with E-state index in [-0.39, 0.29) is 17.9 Å². The minimum Gasteiger partial charge on any atom is -0.321 e. The first-order valence-electron chi connectivity index (χ1n) is 5.80. The minimum absolute atomic E-state index is 0.133. The molecule has 0 radical (unpaired) electrons. The van der Waals surface area contributed by atoms with Gasteiger partial charge >= 0.3 is 6.18 Å². The van der Waals surface area contributed by atoms with Crippen molar-refractivity contribution < 1.29 is 18.0 Å². The lowest BCUT2D eigenvalue weighted by atomic mass is 10.3. The van der Waals surface area contributed by atoms with Gasteiger partial charge in [0.25, 0.3) is 0 Å². The molecule has 0 fully saturated rings. The monoisotopic (exact) mass is 365 g/mol. The third-order valence-electron chi connectivity index (χ3n) is 2.67. The number of nitrogens with one attached hydrogen (secondary N) is 2. The van der Waals surface area contributed by atoms with E-state index in [1.165, 1.54) is 11.6 Å². The van der Waals surface area contributed by atoms with Crippen molar-refractivity contribution >= 4 is 27.5 Å². The summed E-state index contributed by atoms with van der Waals surface area (Å²) in [5, 5.41) is 11.6. The number of nitrogens with zero attached hydrogens (tertiary/aromatic N) is 3. The maximum Gasteiger partial charge on any atom is 0.437 e. The molecule has 0 aromatic carbocycles. The van der Waals surface area contributed by atoms with E-state index < -0.39 is 17.8 Å². The number of carbonyl (C=O) groups is 1. The molecule has 2 heterocycles. The summed E-state index contributed by atoms with van der Waals surface area (Å²) in [6, 6.07) is 0. The lowest BCUT2D eigenvalue weighted by Crippen LogP contribution is -2.21. The molecule has 2 N–H and O–H groups in total. The van der Waals surface area contributed by atoms with Crippen LogP contribution < -0.4 is 5.32 Å². The Morgan fingerprint density at radius 2 is 2.14 bits per heavy atom. The van der Waals surface area contributed by atoms with Crippen LogP contribution in [0.3, 0.4) is 0 Å². The number of aromatic amines is 1. The van der Waals surface area contributed by atoms with Gasteiger partial charge in [0.05, 0.1) is 21.5 Å². The number of carbonyl (C=O) groups excluding carboxylic acids is 1. The van der Waals surface area contributed by atoms with E-state index >= 15 is 0 Å². The summed E-state index contributed by atoms with van der Waals surface area (Å²) in [6.45, 7) is 2.93. The molecule has 0 aliphatic heterocycles. The number of H-pyrrole nitrogens is 1. The van der Waals surface area contributed by atoms with Gasteiger partial charge < -0.3 is 5.32 Å². The Kier molecular flexibility index (Phi) is 4.08. The van der Waals surface area contributed by atoms with E-state index in [0.29, 0.717) is 10.2 Å². The molecule has 114 valence electrons. The van der Waals surface area contributed by atoms with E-state index in [1.807, 2.05) is 0 Å². The Morgan fingerprint density at radius 3 is 2.67 bits per heavy atom. The van der Waals surface area contributed by atoms with E-state index in [9.17, 15) is 18.0 Å². The SMILES string of the molecule is Cc1nn(CC(=O)Nc2c(C(F)(F)F)n[nH]c2C)cc1Br. The van der Waals surface area contributed by atoms with Gasteiger partial charge in [0.15, 0.2) is 5.69 Å². The van der Waals surface area contributed by atoms with Gasteiger partial charge in [-0.3, -0.25) is 14.6 Å². The molecule has 1 amide bonds. The molecule has 0 aliphatic carbocycles. The second-order valence-corrected chi connectivity index (χ2v) is 5.23. The Hall–Kier alpha value is -1.84. The largest absolute Gasteiger partial charge is 0.437 e. The normalized spacial score (nSPS) is 11.7. The number of aryl methyl sites for hydroxylation is 2. The highest BCUT2D eigenvalue weighted by molar-refractivity contribution is 9.10. The molecule has 2 rings (SSSR count). The van der Waals surface area contributed by atoms with Gasteiger partial charge in [-0.05, 0) is 29.8 Å². The summed E-state index contributed by atoms with van der Waals surface area (Å²) in [4.78, 5) is 11.8. The zero-order chi connectivity index (χ0) is 15.8. The van der Waals surface area contributed by atoms with E-state index in [4.69, 9.17) is 0 Å². The van der Waals surface area contributed by atoms with Crippen LogP contribution in [0.4, 0.5) is 18.9 Å². The van der Waals surface area contributed by atoms with Crippen molar-refractivity contribution in [2.75, 3.05) is 5.32 Å². The number of hydrogen-bond donors (Lipinski definition) is 2. The quantitative estimate of drug-likeness (QED) is 0.877. The highest BCUT2D eigenvalue weighted by Crippen LogP contribution is 2.34. The molecule has 0 unspecified atom stereocenters. The summed E-state index contributed by atoms with van der Waals surface area (Å²) in [5.74, 6) is -0.625. The third-order valence-corrected chi connectivity index (χ3v) is 3.45. The van der Waals surface area contributed by atoms with Crippen molar-refractivity contribution in [3.8, 4) is 0 Å². The molecule has 2 aromatic rings. The predicted molar refractivity (Wildman–Crippen MR) is 71.6 cm³/mol. The second kappa shape index (κ2) is 5.51. The van der Waals surface area contributed by atoms with Crippen molar-refractivity contribution in [2.24, 2.45) is 0 Å². The summed E-state index contributed by atoms with van der Waals surface area (Å²) < 4.78 is 40.3. The first-order chi connectivity index (χ1) is 9.68. The Balaban J connectivity index is 2.15. The van der Waals surface area contributed by atoms with Crippen LogP contribution in [0, 0.1) is 13.8 Å². The van der Waals surface area contributed by atoms with Gasteiger partial charge in [0.2, 0.25) is 5.91 Å². The molecule has 0 atom stereocenters. The Bertz CT molecular complexity index is 656. The highest BCUT2D eigenvalue weighted by atomic mass is 79.9. The van der Waals surface area contributed by atoms with Crippen LogP contribution in [-0.2, 0) is 17.5 Å². The van der Waals surface area contributed by atoms with E-state index in [0.717, 1.165) is 0 Å². The Morgan fingerprint density at radius 1 is 1.48 bits per heavy atom. The molecule has 0 spiro atoms. The number of rotatable bonds is 3. The van der Waals surface area contributed by atoms with Crippen LogP contribution in [0.15, 0.2) is 10.7 Å². The van der Waals surface area contributed by atoms with Crippen molar-refractivity contribution in [1.29, 1.82) is 0 Å². The number of alkyl halides is 3. The first kappa shape index (κ1) is 15.5. The van der Waals surface area contributed by atoms with Gasteiger partial charge in [0, 0.05) is 6.20 Å².